The molecule has 2 aromatic heterocycles. The second-order valence-corrected chi connectivity index (χ2v) is 6.52. The van der Waals surface area contributed by atoms with Gasteiger partial charge in [0, 0.05) is 23.1 Å². The maximum atomic E-state index is 4.38. The summed E-state index contributed by atoms with van der Waals surface area (Å²) < 4.78 is 5.12. The van der Waals surface area contributed by atoms with E-state index in [9.17, 15) is 0 Å². The van der Waals surface area contributed by atoms with Gasteiger partial charge >= 0.3 is 0 Å². The Labute approximate surface area is 132 Å². The lowest BCUT2D eigenvalue weighted by Gasteiger charge is -2.13. The van der Waals surface area contributed by atoms with E-state index in [1.54, 1.807) is 11.0 Å². The van der Waals surface area contributed by atoms with Crippen LogP contribution in [0.25, 0.3) is 10.9 Å². The fourth-order valence-electron chi connectivity index (χ4n) is 2.94. The van der Waals surface area contributed by atoms with E-state index in [-0.39, 0.29) is 0 Å². The molecule has 0 aliphatic heterocycles. The molecule has 2 heterocycles. The van der Waals surface area contributed by atoms with Gasteiger partial charge in [-0.3, -0.25) is 4.68 Å². The van der Waals surface area contributed by atoms with E-state index < -0.39 is 0 Å². The van der Waals surface area contributed by atoms with Crippen LogP contribution in [-0.4, -0.2) is 19.3 Å². The SMILES string of the molecule is Cc1c(C)c(C)c2c(c(Br)cn2Cc2ncn(C)n2)c1C. The van der Waals surface area contributed by atoms with Gasteiger partial charge in [-0.15, -0.1) is 0 Å². The zero-order valence-corrected chi connectivity index (χ0v) is 14.6. The Balaban J connectivity index is 2.25. The van der Waals surface area contributed by atoms with E-state index in [0.717, 1.165) is 10.3 Å². The van der Waals surface area contributed by atoms with E-state index >= 15 is 0 Å². The molecule has 0 unspecified atom stereocenters. The highest BCUT2D eigenvalue weighted by Gasteiger charge is 2.17. The molecular formula is C16H19BrN4. The number of hydrogen-bond acceptors (Lipinski definition) is 2. The molecule has 0 saturated carbocycles. The number of aryl methyl sites for hydroxylation is 3. The minimum Gasteiger partial charge on any atom is -0.338 e. The van der Waals surface area contributed by atoms with Crippen LogP contribution < -0.4 is 0 Å². The highest BCUT2D eigenvalue weighted by molar-refractivity contribution is 9.10. The summed E-state index contributed by atoms with van der Waals surface area (Å²) >= 11 is 3.71. The fourth-order valence-corrected chi connectivity index (χ4v) is 3.68. The lowest BCUT2D eigenvalue weighted by atomic mass is 9.96. The molecule has 0 atom stereocenters. The van der Waals surface area contributed by atoms with Gasteiger partial charge in [0.25, 0.3) is 0 Å². The Morgan fingerprint density at radius 2 is 1.71 bits per heavy atom. The second-order valence-electron chi connectivity index (χ2n) is 5.66. The Bertz CT molecular complexity index is 842. The molecule has 0 radical (unpaired) electrons. The van der Waals surface area contributed by atoms with Crippen LogP contribution in [0.15, 0.2) is 17.0 Å². The van der Waals surface area contributed by atoms with Crippen molar-refractivity contribution >= 4 is 26.8 Å². The van der Waals surface area contributed by atoms with Gasteiger partial charge in [0.2, 0.25) is 0 Å². The van der Waals surface area contributed by atoms with Gasteiger partial charge in [0.05, 0.1) is 12.1 Å². The third-order valence-corrected chi connectivity index (χ3v) is 5.01. The molecule has 0 fully saturated rings. The third-order valence-electron chi connectivity index (χ3n) is 4.41. The zero-order chi connectivity index (χ0) is 15.3. The molecule has 0 amide bonds. The molecule has 110 valence electrons. The molecule has 1 aromatic carbocycles. The van der Waals surface area contributed by atoms with E-state index in [4.69, 9.17) is 0 Å². The lowest BCUT2D eigenvalue weighted by molar-refractivity contribution is 0.713. The molecule has 0 saturated heterocycles. The third kappa shape index (κ3) is 2.20. The van der Waals surface area contributed by atoms with Crippen LogP contribution in [0.2, 0.25) is 0 Å². The maximum Gasteiger partial charge on any atom is 0.170 e. The molecule has 3 aromatic rings. The number of fused-ring (bicyclic) bond motifs is 1. The summed E-state index contributed by atoms with van der Waals surface area (Å²) in [5.74, 6) is 0.831. The van der Waals surface area contributed by atoms with Crippen LogP contribution in [-0.2, 0) is 13.6 Å². The lowest BCUT2D eigenvalue weighted by Crippen LogP contribution is -2.03. The van der Waals surface area contributed by atoms with Crippen molar-refractivity contribution < 1.29 is 0 Å². The van der Waals surface area contributed by atoms with Crippen LogP contribution in [0.1, 0.15) is 28.1 Å². The normalized spacial score (nSPS) is 11.5. The van der Waals surface area contributed by atoms with Crippen molar-refractivity contribution in [3.63, 3.8) is 0 Å². The number of nitrogens with zero attached hydrogens (tertiary/aromatic N) is 4. The first kappa shape index (κ1) is 14.3. The van der Waals surface area contributed by atoms with Gasteiger partial charge in [0.1, 0.15) is 6.33 Å². The molecule has 21 heavy (non-hydrogen) atoms. The minimum absolute atomic E-state index is 0.686. The minimum atomic E-state index is 0.686. The Morgan fingerprint density at radius 1 is 1.05 bits per heavy atom. The molecule has 3 rings (SSSR count). The van der Waals surface area contributed by atoms with Crippen LogP contribution in [0.5, 0.6) is 0 Å². The molecule has 0 N–H and O–H groups in total. The highest BCUT2D eigenvalue weighted by atomic mass is 79.9. The Hall–Kier alpha value is -1.62. The van der Waals surface area contributed by atoms with E-state index in [1.807, 2.05) is 7.05 Å². The molecule has 0 bridgehead atoms. The summed E-state index contributed by atoms with van der Waals surface area (Å²) in [6.07, 6.45) is 3.88. The average molecular weight is 347 g/mol. The molecule has 0 aliphatic rings. The van der Waals surface area contributed by atoms with Gasteiger partial charge in [-0.1, -0.05) is 0 Å². The van der Waals surface area contributed by atoms with Crippen molar-refractivity contribution in [3.05, 3.63) is 45.1 Å². The van der Waals surface area contributed by atoms with Gasteiger partial charge in [0.15, 0.2) is 5.82 Å². The van der Waals surface area contributed by atoms with E-state index in [1.165, 1.54) is 33.2 Å². The Kier molecular flexibility index (Phi) is 3.40. The van der Waals surface area contributed by atoms with E-state index in [0.29, 0.717) is 6.54 Å². The second kappa shape index (κ2) is 4.98. The largest absolute Gasteiger partial charge is 0.338 e. The van der Waals surface area contributed by atoms with Crippen molar-refractivity contribution in [3.8, 4) is 0 Å². The molecule has 0 spiro atoms. The van der Waals surface area contributed by atoms with Crippen LogP contribution in [0.3, 0.4) is 0 Å². The standard InChI is InChI=1S/C16H19BrN4/c1-9-10(2)12(4)16-15(11(9)3)13(17)6-21(16)7-14-18-8-20(5)19-14/h6,8H,7H2,1-5H3. The van der Waals surface area contributed by atoms with Crippen molar-refractivity contribution in [2.45, 2.75) is 34.2 Å². The van der Waals surface area contributed by atoms with Gasteiger partial charge in [-0.25, -0.2) is 4.98 Å². The summed E-state index contributed by atoms with van der Waals surface area (Å²) in [6.45, 7) is 9.46. The number of halogens is 1. The number of rotatable bonds is 2. The van der Waals surface area contributed by atoms with Crippen molar-refractivity contribution in [2.75, 3.05) is 0 Å². The van der Waals surface area contributed by atoms with Crippen LogP contribution in [0, 0.1) is 27.7 Å². The summed E-state index contributed by atoms with van der Waals surface area (Å²) in [5.41, 5.74) is 6.67. The van der Waals surface area contributed by atoms with E-state index in [2.05, 4.69) is 64.5 Å². The first-order valence-corrected chi connectivity index (χ1v) is 7.78. The predicted molar refractivity (Wildman–Crippen MR) is 88.7 cm³/mol. The first-order chi connectivity index (χ1) is 9.90. The van der Waals surface area contributed by atoms with Gasteiger partial charge in [-0.05, 0) is 65.9 Å². The van der Waals surface area contributed by atoms with Crippen LogP contribution in [0.4, 0.5) is 0 Å². The summed E-state index contributed by atoms with van der Waals surface area (Å²) in [4.78, 5) is 4.33. The molecular weight excluding hydrogens is 328 g/mol. The monoisotopic (exact) mass is 346 g/mol. The summed E-state index contributed by atoms with van der Waals surface area (Å²) in [5, 5.41) is 5.68. The number of benzene rings is 1. The molecule has 0 aliphatic carbocycles. The predicted octanol–water partition coefficient (Wildman–Crippen LogP) is 3.81. The Morgan fingerprint density at radius 3 is 2.33 bits per heavy atom. The average Bonchev–Trinajstić information content (AvgIpc) is 2.98. The summed E-state index contributed by atoms with van der Waals surface area (Å²) in [6, 6.07) is 0. The zero-order valence-electron chi connectivity index (χ0n) is 13.0. The number of aromatic nitrogens is 4. The molecule has 5 heteroatoms. The summed E-state index contributed by atoms with van der Waals surface area (Å²) in [7, 11) is 1.89. The van der Waals surface area contributed by atoms with Crippen molar-refractivity contribution in [1.29, 1.82) is 0 Å². The highest BCUT2D eigenvalue weighted by Crippen LogP contribution is 2.35. The van der Waals surface area contributed by atoms with Gasteiger partial charge in [-0.2, -0.15) is 5.10 Å². The fraction of sp³-hybridized carbons (Fsp3) is 0.375. The van der Waals surface area contributed by atoms with Crippen LogP contribution >= 0.6 is 15.9 Å². The topological polar surface area (TPSA) is 35.6 Å². The smallest absolute Gasteiger partial charge is 0.170 e. The first-order valence-electron chi connectivity index (χ1n) is 6.99. The van der Waals surface area contributed by atoms with Crippen molar-refractivity contribution in [1.82, 2.24) is 19.3 Å². The molecule has 4 nitrogen and oxygen atoms in total. The number of hydrogen-bond donors (Lipinski definition) is 0. The van der Waals surface area contributed by atoms with Crippen molar-refractivity contribution in [2.24, 2.45) is 7.05 Å². The quantitative estimate of drug-likeness (QED) is 0.707. The van der Waals surface area contributed by atoms with Gasteiger partial charge < -0.3 is 4.57 Å². The maximum absolute atomic E-state index is 4.38.